The van der Waals surface area contributed by atoms with Crippen molar-refractivity contribution in [1.82, 2.24) is 0 Å². The van der Waals surface area contributed by atoms with Crippen molar-refractivity contribution in [2.45, 2.75) is 6.92 Å². The first-order valence-corrected chi connectivity index (χ1v) is 9.86. The van der Waals surface area contributed by atoms with Crippen LogP contribution in [0.1, 0.15) is 22.8 Å². The van der Waals surface area contributed by atoms with Gasteiger partial charge in [0.1, 0.15) is 18.2 Å². The van der Waals surface area contributed by atoms with Gasteiger partial charge >= 0.3 is 5.97 Å². The maximum atomic E-state index is 12.6. The second-order valence-electron chi connectivity index (χ2n) is 5.94. The highest BCUT2D eigenvalue weighted by molar-refractivity contribution is 9.10. The fourth-order valence-corrected chi connectivity index (χ4v) is 2.91. The summed E-state index contributed by atoms with van der Waals surface area (Å²) in [4.78, 5) is 24.1. The number of nitrogens with zero attached hydrogens (tertiary/aromatic N) is 1. The molecule has 0 fully saturated rings. The Balaban J connectivity index is 2.28. The van der Waals surface area contributed by atoms with Gasteiger partial charge in [-0.15, -0.1) is 6.42 Å². The first-order valence-electron chi connectivity index (χ1n) is 9.07. The number of hydrogen-bond acceptors (Lipinski definition) is 6. The van der Waals surface area contributed by atoms with E-state index in [0.717, 1.165) is 0 Å². The summed E-state index contributed by atoms with van der Waals surface area (Å²) < 4.78 is 16.3. The molecule has 0 aliphatic rings. The van der Waals surface area contributed by atoms with E-state index in [-0.39, 0.29) is 12.2 Å². The lowest BCUT2D eigenvalue weighted by Gasteiger charge is -2.13. The van der Waals surface area contributed by atoms with Crippen LogP contribution >= 0.6 is 15.9 Å². The van der Waals surface area contributed by atoms with Gasteiger partial charge in [-0.3, -0.25) is 4.79 Å². The van der Waals surface area contributed by atoms with Gasteiger partial charge in [-0.2, -0.15) is 5.26 Å². The number of terminal acetylenes is 1. The Hall–Kier alpha value is -3.75. The number of ether oxygens (including phenoxy) is 3. The van der Waals surface area contributed by atoms with Gasteiger partial charge in [-0.1, -0.05) is 21.9 Å². The van der Waals surface area contributed by atoms with Gasteiger partial charge in [-0.05, 0) is 55.0 Å². The zero-order chi connectivity index (χ0) is 22.8. The quantitative estimate of drug-likeness (QED) is 0.262. The van der Waals surface area contributed by atoms with Crippen LogP contribution in [0.25, 0.3) is 6.08 Å². The lowest BCUT2D eigenvalue weighted by Crippen LogP contribution is -2.13. The number of hydrogen-bond donors (Lipinski definition) is 1. The standard InChI is InChI=1S/C23H19BrN2O5/c1-4-10-31-21-13-19(24)16(12-20(21)30-5-2)11-17(14-25)22(27)26-18-8-6-15(7-9-18)23(28)29-3/h1,6-9,11-13H,5,10H2,2-3H3,(H,26,27)/b17-11+. The molecule has 0 heterocycles. The molecule has 0 atom stereocenters. The fraction of sp³-hybridized carbons (Fsp3) is 0.174. The number of anilines is 1. The van der Waals surface area contributed by atoms with Gasteiger partial charge in [0.2, 0.25) is 0 Å². The number of nitrogens with one attached hydrogen (secondary N) is 1. The summed E-state index contributed by atoms with van der Waals surface area (Å²) in [7, 11) is 1.28. The lowest BCUT2D eigenvalue weighted by atomic mass is 10.1. The van der Waals surface area contributed by atoms with E-state index in [1.54, 1.807) is 24.3 Å². The van der Waals surface area contributed by atoms with E-state index in [1.807, 2.05) is 13.0 Å². The number of halogens is 1. The summed E-state index contributed by atoms with van der Waals surface area (Å²) in [5, 5.41) is 12.1. The van der Waals surface area contributed by atoms with Crippen LogP contribution in [-0.2, 0) is 9.53 Å². The summed E-state index contributed by atoms with van der Waals surface area (Å²) in [5.74, 6) is 2.17. The lowest BCUT2D eigenvalue weighted by molar-refractivity contribution is -0.112. The Kier molecular flexibility index (Phi) is 8.68. The number of carbonyl (C=O) groups excluding carboxylic acids is 2. The molecule has 0 bridgehead atoms. The highest BCUT2D eigenvalue weighted by Crippen LogP contribution is 2.35. The Bertz CT molecular complexity index is 1080. The summed E-state index contributed by atoms with van der Waals surface area (Å²) in [6, 6.07) is 11.3. The van der Waals surface area contributed by atoms with Crippen molar-refractivity contribution in [2.75, 3.05) is 25.6 Å². The third-order valence-corrected chi connectivity index (χ3v) is 4.59. The summed E-state index contributed by atoms with van der Waals surface area (Å²) in [5.41, 5.74) is 1.18. The molecule has 2 aromatic rings. The Morgan fingerprint density at radius 1 is 1.19 bits per heavy atom. The normalized spacial score (nSPS) is 10.4. The van der Waals surface area contributed by atoms with E-state index < -0.39 is 11.9 Å². The number of nitriles is 1. The monoisotopic (exact) mass is 482 g/mol. The molecule has 8 heteroatoms. The predicted molar refractivity (Wildman–Crippen MR) is 120 cm³/mol. The van der Waals surface area contributed by atoms with Crippen LogP contribution in [0, 0.1) is 23.7 Å². The van der Waals surface area contributed by atoms with E-state index >= 15 is 0 Å². The van der Waals surface area contributed by atoms with Crippen molar-refractivity contribution >= 4 is 39.6 Å². The SMILES string of the molecule is C#CCOc1cc(Br)c(/C=C(\C#N)C(=O)Nc2ccc(C(=O)OC)cc2)cc1OCC. The minimum atomic E-state index is -0.606. The van der Waals surface area contributed by atoms with Crippen molar-refractivity contribution in [3.63, 3.8) is 0 Å². The number of amides is 1. The average Bonchev–Trinajstić information content (AvgIpc) is 2.78. The molecule has 0 saturated heterocycles. The van der Waals surface area contributed by atoms with Gasteiger partial charge in [0.25, 0.3) is 5.91 Å². The maximum absolute atomic E-state index is 12.6. The number of carbonyl (C=O) groups is 2. The first kappa shape index (κ1) is 23.5. The third kappa shape index (κ3) is 6.36. The number of methoxy groups -OCH3 is 1. The maximum Gasteiger partial charge on any atom is 0.337 e. The van der Waals surface area contributed by atoms with Crippen molar-refractivity contribution < 1.29 is 23.8 Å². The van der Waals surface area contributed by atoms with Crippen LogP contribution in [0.5, 0.6) is 11.5 Å². The molecule has 0 aliphatic carbocycles. The Morgan fingerprint density at radius 2 is 1.87 bits per heavy atom. The molecule has 2 rings (SSSR count). The van der Waals surface area contributed by atoms with E-state index in [0.29, 0.717) is 39.4 Å². The molecule has 7 nitrogen and oxygen atoms in total. The predicted octanol–water partition coefficient (Wildman–Crippen LogP) is 4.19. The van der Waals surface area contributed by atoms with Crippen molar-refractivity contribution in [2.24, 2.45) is 0 Å². The zero-order valence-corrected chi connectivity index (χ0v) is 18.5. The van der Waals surface area contributed by atoms with Crippen LogP contribution in [0.2, 0.25) is 0 Å². The summed E-state index contributed by atoms with van der Waals surface area (Å²) >= 11 is 3.41. The van der Waals surface area contributed by atoms with Crippen molar-refractivity contribution in [3.8, 4) is 29.9 Å². The molecule has 0 spiro atoms. The molecule has 31 heavy (non-hydrogen) atoms. The van der Waals surface area contributed by atoms with Crippen LogP contribution in [0.3, 0.4) is 0 Å². The molecule has 0 unspecified atom stereocenters. The second-order valence-corrected chi connectivity index (χ2v) is 6.79. The molecule has 2 aromatic carbocycles. The Morgan fingerprint density at radius 3 is 2.45 bits per heavy atom. The molecule has 0 radical (unpaired) electrons. The molecular formula is C23H19BrN2O5. The van der Waals surface area contributed by atoms with Crippen LogP contribution < -0.4 is 14.8 Å². The van der Waals surface area contributed by atoms with E-state index in [2.05, 4.69) is 31.9 Å². The molecule has 158 valence electrons. The van der Waals surface area contributed by atoms with Crippen molar-refractivity contribution in [3.05, 3.63) is 57.6 Å². The minimum absolute atomic E-state index is 0.0717. The number of benzene rings is 2. The number of rotatable bonds is 8. The molecule has 1 amide bonds. The van der Waals surface area contributed by atoms with E-state index in [9.17, 15) is 14.9 Å². The third-order valence-electron chi connectivity index (χ3n) is 3.90. The van der Waals surface area contributed by atoms with Crippen LogP contribution in [-0.4, -0.2) is 32.2 Å². The summed E-state index contributed by atoms with van der Waals surface area (Å²) in [6.07, 6.45) is 6.66. The van der Waals surface area contributed by atoms with Gasteiger partial charge in [-0.25, -0.2) is 4.79 Å². The van der Waals surface area contributed by atoms with E-state index in [4.69, 9.17) is 15.9 Å². The first-order chi connectivity index (χ1) is 14.9. The fourth-order valence-electron chi connectivity index (χ4n) is 2.47. The number of esters is 1. The zero-order valence-electron chi connectivity index (χ0n) is 16.9. The van der Waals surface area contributed by atoms with Crippen molar-refractivity contribution in [1.29, 1.82) is 5.26 Å². The minimum Gasteiger partial charge on any atom is -0.490 e. The molecule has 1 N–H and O–H groups in total. The Labute approximate surface area is 188 Å². The van der Waals surface area contributed by atoms with Crippen LogP contribution in [0.15, 0.2) is 46.4 Å². The van der Waals surface area contributed by atoms with Gasteiger partial charge in [0, 0.05) is 10.2 Å². The summed E-state index contributed by atoms with van der Waals surface area (Å²) in [6.45, 7) is 2.29. The smallest absolute Gasteiger partial charge is 0.337 e. The topological polar surface area (TPSA) is 97.7 Å². The van der Waals surface area contributed by atoms with E-state index in [1.165, 1.54) is 25.3 Å². The van der Waals surface area contributed by atoms with Gasteiger partial charge in [0.15, 0.2) is 11.5 Å². The highest BCUT2D eigenvalue weighted by atomic mass is 79.9. The van der Waals surface area contributed by atoms with Gasteiger partial charge < -0.3 is 19.5 Å². The highest BCUT2D eigenvalue weighted by Gasteiger charge is 2.14. The molecule has 0 aliphatic heterocycles. The average molecular weight is 483 g/mol. The largest absolute Gasteiger partial charge is 0.490 e. The van der Waals surface area contributed by atoms with Crippen LogP contribution in [0.4, 0.5) is 5.69 Å². The molecule has 0 aromatic heterocycles. The molecular weight excluding hydrogens is 464 g/mol. The second kappa shape index (κ2) is 11.4. The van der Waals surface area contributed by atoms with Gasteiger partial charge in [0.05, 0.1) is 19.3 Å². The molecule has 0 saturated carbocycles.